The number of amides is 2. The third-order valence-corrected chi connectivity index (χ3v) is 7.42. The lowest BCUT2D eigenvalue weighted by Crippen LogP contribution is -2.50. The molecular weight excluding hydrogens is 468 g/mol. The molecule has 2 amide bonds. The summed E-state index contributed by atoms with van der Waals surface area (Å²) >= 11 is 0. The monoisotopic (exact) mass is 500 g/mol. The molecule has 2 aromatic carbocycles. The molecule has 8 nitrogen and oxygen atoms in total. The minimum absolute atomic E-state index is 0.0567. The SMILES string of the molecule is COc1cccc(NC(=O)c2ccc(N3[C@@H]4CC[C@H]3CC(NC(=O)c3cccc(OC)c3C)C4)nc2)c1. The maximum atomic E-state index is 13.0. The highest BCUT2D eigenvalue weighted by Gasteiger charge is 2.42. The summed E-state index contributed by atoms with van der Waals surface area (Å²) in [7, 11) is 3.21. The van der Waals surface area contributed by atoms with E-state index in [1.54, 1.807) is 26.5 Å². The molecule has 2 saturated heterocycles. The number of pyridine rings is 1. The molecule has 2 bridgehead atoms. The molecule has 2 aliphatic heterocycles. The zero-order valence-electron chi connectivity index (χ0n) is 21.4. The molecule has 3 aromatic rings. The Bertz CT molecular complexity index is 1280. The number of nitrogens with zero attached hydrogens (tertiary/aromatic N) is 2. The number of carbonyl (C=O) groups excluding carboxylic acids is 2. The Hall–Kier alpha value is -4.07. The van der Waals surface area contributed by atoms with Crippen LogP contribution in [-0.4, -0.2) is 49.1 Å². The molecule has 0 radical (unpaired) electrons. The van der Waals surface area contributed by atoms with E-state index < -0.39 is 0 Å². The highest BCUT2D eigenvalue weighted by molar-refractivity contribution is 6.04. The first-order chi connectivity index (χ1) is 18.0. The molecule has 0 spiro atoms. The molecule has 2 aliphatic rings. The van der Waals surface area contributed by atoms with Gasteiger partial charge in [0.05, 0.1) is 19.8 Å². The molecule has 3 atom stereocenters. The second kappa shape index (κ2) is 10.5. The van der Waals surface area contributed by atoms with Crippen molar-refractivity contribution in [1.82, 2.24) is 10.3 Å². The third kappa shape index (κ3) is 5.09. The number of piperidine rings is 1. The van der Waals surface area contributed by atoms with E-state index in [1.807, 2.05) is 55.5 Å². The molecule has 192 valence electrons. The van der Waals surface area contributed by atoms with E-state index in [-0.39, 0.29) is 17.9 Å². The van der Waals surface area contributed by atoms with Crippen LogP contribution in [0.5, 0.6) is 11.5 Å². The van der Waals surface area contributed by atoms with Crippen LogP contribution in [0.1, 0.15) is 52.0 Å². The first-order valence-electron chi connectivity index (χ1n) is 12.6. The highest BCUT2D eigenvalue weighted by Crippen LogP contribution is 2.38. The molecule has 5 rings (SSSR count). The van der Waals surface area contributed by atoms with Gasteiger partial charge in [0.25, 0.3) is 11.8 Å². The van der Waals surface area contributed by atoms with Crippen molar-refractivity contribution in [3.8, 4) is 11.5 Å². The number of carbonyl (C=O) groups is 2. The quantitative estimate of drug-likeness (QED) is 0.493. The standard InChI is InChI=1S/C29H32N4O4/c1-18-25(8-5-9-26(18)37-3)29(35)32-21-14-22-11-12-23(15-21)33(22)27-13-10-19(17-30-27)28(34)31-20-6-4-7-24(16-20)36-2/h4-10,13,16-17,21-23H,11-12,14-15H2,1-3H3,(H,31,34)(H,32,35)/t21?,22-,23+. The average molecular weight is 501 g/mol. The summed E-state index contributed by atoms with van der Waals surface area (Å²) in [6.45, 7) is 1.91. The van der Waals surface area contributed by atoms with Crippen LogP contribution >= 0.6 is 0 Å². The minimum Gasteiger partial charge on any atom is -0.497 e. The predicted molar refractivity (Wildman–Crippen MR) is 143 cm³/mol. The van der Waals surface area contributed by atoms with Crippen molar-refractivity contribution in [1.29, 1.82) is 0 Å². The highest BCUT2D eigenvalue weighted by atomic mass is 16.5. The molecule has 0 aliphatic carbocycles. The lowest BCUT2D eigenvalue weighted by molar-refractivity contribution is 0.0925. The molecule has 2 N–H and O–H groups in total. The second-order valence-electron chi connectivity index (χ2n) is 9.66. The van der Waals surface area contributed by atoms with E-state index in [1.165, 1.54) is 0 Å². The number of hydrogen-bond acceptors (Lipinski definition) is 6. The van der Waals surface area contributed by atoms with Gasteiger partial charge in [-0.25, -0.2) is 4.98 Å². The van der Waals surface area contributed by atoms with Crippen LogP contribution in [0.25, 0.3) is 0 Å². The molecule has 3 heterocycles. The number of hydrogen-bond donors (Lipinski definition) is 2. The van der Waals surface area contributed by atoms with E-state index in [4.69, 9.17) is 9.47 Å². The average Bonchev–Trinajstić information content (AvgIpc) is 3.18. The third-order valence-electron chi connectivity index (χ3n) is 7.42. The van der Waals surface area contributed by atoms with Gasteiger partial charge < -0.3 is 25.0 Å². The number of rotatable bonds is 7. The van der Waals surface area contributed by atoms with E-state index in [0.717, 1.165) is 37.1 Å². The van der Waals surface area contributed by atoms with Gasteiger partial charge in [0, 0.05) is 47.2 Å². The lowest BCUT2D eigenvalue weighted by atomic mass is 9.96. The first kappa shape index (κ1) is 24.6. The minimum atomic E-state index is -0.218. The van der Waals surface area contributed by atoms with Crippen LogP contribution < -0.4 is 25.0 Å². The Morgan fingerprint density at radius 2 is 1.70 bits per heavy atom. The number of nitrogens with one attached hydrogen (secondary N) is 2. The van der Waals surface area contributed by atoms with Gasteiger partial charge in [0.15, 0.2) is 0 Å². The zero-order valence-corrected chi connectivity index (χ0v) is 21.4. The maximum absolute atomic E-state index is 13.0. The van der Waals surface area contributed by atoms with Crippen molar-refractivity contribution in [2.75, 3.05) is 24.4 Å². The fraction of sp³-hybridized carbons (Fsp3) is 0.345. The van der Waals surface area contributed by atoms with E-state index in [0.29, 0.717) is 40.4 Å². The number of methoxy groups -OCH3 is 2. The molecule has 8 heteroatoms. The van der Waals surface area contributed by atoms with Gasteiger partial charge in [-0.05, 0) is 69.0 Å². The summed E-state index contributed by atoms with van der Waals surface area (Å²) in [5.74, 6) is 2.00. The summed E-state index contributed by atoms with van der Waals surface area (Å²) in [4.78, 5) is 32.7. The fourth-order valence-corrected chi connectivity index (χ4v) is 5.59. The summed E-state index contributed by atoms with van der Waals surface area (Å²) in [6.07, 6.45) is 5.49. The van der Waals surface area contributed by atoms with Gasteiger partial charge in [-0.15, -0.1) is 0 Å². The van der Waals surface area contributed by atoms with E-state index >= 15 is 0 Å². The number of anilines is 2. The Morgan fingerprint density at radius 1 is 0.946 bits per heavy atom. The van der Waals surface area contributed by atoms with Crippen LogP contribution in [0.2, 0.25) is 0 Å². The second-order valence-corrected chi connectivity index (χ2v) is 9.66. The van der Waals surface area contributed by atoms with Gasteiger partial charge in [-0.1, -0.05) is 12.1 Å². The predicted octanol–water partition coefficient (Wildman–Crippen LogP) is 4.59. The van der Waals surface area contributed by atoms with Gasteiger partial charge >= 0.3 is 0 Å². The van der Waals surface area contributed by atoms with Crippen molar-refractivity contribution in [2.24, 2.45) is 0 Å². The van der Waals surface area contributed by atoms with Crippen molar-refractivity contribution >= 4 is 23.3 Å². The molecule has 37 heavy (non-hydrogen) atoms. The first-order valence-corrected chi connectivity index (χ1v) is 12.6. The van der Waals surface area contributed by atoms with Crippen LogP contribution in [0.3, 0.4) is 0 Å². The van der Waals surface area contributed by atoms with E-state index in [9.17, 15) is 9.59 Å². The summed E-state index contributed by atoms with van der Waals surface area (Å²) in [5, 5.41) is 6.14. The Labute approximate surface area is 217 Å². The van der Waals surface area contributed by atoms with Gasteiger partial charge in [-0.2, -0.15) is 0 Å². The number of aromatic nitrogens is 1. The Morgan fingerprint density at radius 3 is 2.38 bits per heavy atom. The smallest absolute Gasteiger partial charge is 0.257 e. The number of fused-ring (bicyclic) bond motifs is 2. The molecule has 2 fully saturated rings. The largest absolute Gasteiger partial charge is 0.497 e. The number of benzene rings is 2. The summed E-state index contributed by atoms with van der Waals surface area (Å²) < 4.78 is 10.6. The normalized spacial score (nSPS) is 20.3. The molecular formula is C29H32N4O4. The van der Waals surface area contributed by atoms with Gasteiger partial charge in [0.2, 0.25) is 0 Å². The molecule has 1 aromatic heterocycles. The van der Waals surface area contributed by atoms with Crippen LogP contribution in [-0.2, 0) is 0 Å². The molecule has 0 saturated carbocycles. The van der Waals surface area contributed by atoms with Crippen LogP contribution in [0.15, 0.2) is 60.8 Å². The Kier molecular flexibility index (Phi) is 6.99. The molecule has 1 unspecified atom stereocenters. The van der Waals surface area contributed by atoms with Gasteiger partial charge in [-0.3, -0.25) is 9.59 Å². The maximum Gasteiger partial charge on any atom is 0.257 e. The van der Waals surface area contributed by atoms with Crippen LogP contribution in [0.4, 0.5) is 11.5 Å². The van der Waals surface area contributed by atoms with Gasteiger partial charge in [0.1, 0.15) is 17.3 Å². The van der Waals surface area contributed by atoms with Crippen molar-refractivity contribution in [3.05, 3.63) is 77.5 Å². The van der Waals surface area contributed by atoms with E-state index in [2.05, 4.69) is 20.5 Å². The topological polar surface area (TPSA) is 92.8 Å². The summed E-state index contributed by atoms with van der Waals surface area (Å²) in [6, 6.07) is 17.3. The van der Waals surface area contributed by atoms with Crippen molar-refractivity contribution in [2.45, 2.75) is 50.7 Å². The van der Waals surface area contributed by atoms with Crippen molar-refractivity contribution in [3.63, 3.8) is 0 Å². The fourth-order valence-electron chi connectivity index (χ4n) is 5.59. The lowest BCUT2D eigenvalue weighted by Gasteiger charge is -2.40. The van der Waals surface area contributed by atoms with Crippen LogP contribution in [0, 0.1) is 6.92 Å². The van der Waals surface area contributed by atoms with Crippen molar-refractivity contribution < 1.29 is 19.1 Å². The Balaban J connectivity index is 1.22. The zero-order chi connectivity index (χ0) is 25.9. The number of ether oxygens (including phenoxy) is 2. The summed E-state index contributed by atoms with van der Waals surface area (Å²) in [5.41, 5.74) is 2.66.